The number of nitrogens with one attached hydrogen (secondary N) is 3. The molecular formula is C22H31N7O4. The SMILES string of the molecule is CC(C)CC1NC(=O)CN(C)C(=O)C(Cc2ccccc2)NC(=O)[C@H](N=[N+]=[N-])[C@H](C)NC1=O. The highest BCUT2D eigenvalue weighted by molar-refractivity contribution is 5.94. The molecule has 33 heavy (non-hydrogen) atoms. The molecule has 1 fully saturated rings. The van der Waals surface area contributed by atoms with Gasteiger partial charge in [0.1, 0.15) is 18.1 Å². The van der Waals surface area contributed by atoms with Crippen molar-refractivity contribution in [3.8, 4) is 0 Å². The number of azide groups is 1. The summed E-state index contributed by atoms with van der Waals surface area (Å²) >= 11 is 0. The smallest absolute Gasteiger partial charge is 0.245 e. The van der Waals surface area contributed by atoms with Crippen molar-refractivity contribution in [2.45, 2.75) is 57.8 Å². The third-order valence-corrected chi connectivity index (χ3v) is 5.30. The quantitative estimate of drug-likeness (QED) is 0.341. The van der Waals surface area contributed by atoms with Crippen molar-refractivity contribution in [2.24, 2.45) is 11.0 Å². The summed E-state index contributed by atoms with van der Waals surface area (Å²) in [5, 5.41) is 11.5. The van der Waals surface area contributed by atoms with Gasteiger partial charge >= 0.3 is 0 Å². The van der Waals surface area contributed by atoms with E-state index in [1.807, 2.05) is 44.2 Å². The lowest BCUT2D eigenvalue weighted by Crippen LogP contribution is -2.55. The van der Waals surface area contributed by atoms with E-state index in [9.17, 15) is 19.2 Å². The van der Waals surface area contributed by atoms with Crippen LogP contribution in [0.2, 0.25) is 0 Å². The molecule has 0 aromatic heterocycles. The molecular weight excluding hydrogens is 426 g/mol. The number of hydrogen-bond donors (Lipinski definition) is 3. The van der Waals surface area contributed by atoms with Gasteiger partial charge in [0, 0.05) is 24.4 Å². The fraction of sp³-hybridized carbons (Fsp3) is 0.545. The zero-order valence-corrected chi connectivity index (χ0v) is 19.3. The highest BCUT2D eigenvalue weighted by atomic mass is 16.2. The summed E-state index contributed by atoms with van der Waals surface area (Å²) in [7, 11) is 1.46. The topological polar surface area (TPSA) is 156 Å². The molecule has 0 aliphatic carbocycles. The molecule has 2 unspecified atom stereocenters. The molecule has 4 atom stereocenters. The summed E-state index contributed by atoms with van der Waals surface area (Å²) in [6.45, 7) is 5.07. The number of carbonyl (C=O) groups is 4. The molecule has 3 N–H and O–H groups in total. The maximum Gasteiger partial charge on any atom is 0.245 e. The van der Waals surface area contributed by atoms with Gasteiger partial charge in [0.25, 0.3) is 0 Å². The molecule has 0 bridgehead atoms. The highest BCUT2D eigenvalue weighted by Gasteiger charge is 2.34. The van der Waals surface area contributed by atoms with Crippen molar-refractivity contribution in [3.63, 3.8) is 0 Å². The lowest BCUT2D eigenvalue weighted by Gasteiger charge is -2.26. The molecule has 11 nitrogen and oxygen atoms in total. The first-order valence-corrected chi connectivity index (χ1v) is 10.9. The first-order chi connectivity index (χ1) is 15.6. The van der Waals surface area contributed by atoms with Crippen molar-refractivity contribution >= 4 is 23.6 Å². The molecule has 1 aliphatic heterocycles. The molecule has 11 heteroatoms. The molecule has 1 aliphatic rings. The Morgan fingerprint density at radius 1 is 1.06 bits per heavy atom. The number of hydrogen-bond acceptors (Lipinski definition) is 5. The number of benzene rings is 1. The van der Waals surface area contributed by atoms with E-state index in [0.29, 0.717) is 6.42 Å². The van der Waals surface area contributed by atoms with Gasteiger partial charge in [0.05, 0.1) is 6.54 Å². The summed E-state index contributed by atoms with van der Waals surface area (Å²) in [6.07, 6.45) is 0.536. The number of amides is 4. The molecule has 0 radical (unpaired) electrons. The Kier molecular flexibility index (Phi) is 9.23. The predicted molar refractivity (Wildman–Crippen MR) is 122 cm³/mol. The number of rotatable bonds is 5. The molecule has 4 amide bonds. The number of carbonyl (C=O) groups excluding carboxylic acids is 4. The van der Waals surface area contributed by atoms with Crippen LogP contribution in [0, 0.1) is 5.92 Å². The normalized spacial score (nSPS) is 25.1. The number of likely N-dealkylation sites (N-methyl/N-ethyl adjacent to an activating group) is 1. The summed E-state index contributed by atoms with van der Waals surface area (Å²) in [6, 6.07) is 5.08. The Hall–Kier alpha value is -3.59. The van der Waals surface area contributed by atoms with Crippen LogP contribution in [-0.2, 0) is 25.6 Å². The van der Waals surface area contributed by atoms with Crippen LogP contribution in [0.4, 0.5) is 0 Å². The summed E-state index contributed by atoms with van der Waals surface area (Å²) in [5.41, 5.74) is 9.79. The Balaban J connectivity index is 2.41. The lowest BCUT2D eigenvalue weighted by atomic mass is 10.0. The average molecular weight is 458 g/mol. The van der Waals surface area contributed by atoms with Gasteiger partial charge in [-0.3, -0.25) is 19.2 Å². The van der Waals surface area contributed by atoms with Gasteiger partial charge in [-0.2, -0.15) is 0 Å². The first-order valence-electron chi connectivity index (χ1n) is 10.9. The maximum atomic E-state index is 13.2. The summed E-state index contributed by atoms with van der Waals surface area (Å²) in [4.78, 5) is 55.6. The van der Waals surface area contributed by atoms with E-state index in [4.69, 9.17) is 5.53 Å². The van der Waals surface area contributed by atoms with E-state index < -0.39 is 47.8 Å². The largest absolute Gasteiger partial charge is 0.351 e. The zero-order valence-electron chi connectivity index (χ0n) is 19.3. The van der Waals surface area contributed by atoms with E-state index in [2.05, 4.69) is 26.0 Å². The fourth-order valence-electron chi connectivity index (χ4n) is 3.65. The van der Waals surface area contributed by atoms with E-state index in [1.54, 1.807) is 0 Å². The van der Waals surface area contributed by atoms with Crippen LogP contribution in [0.25, 0.3) is 10.4 Å². The second-order valence-corrected chi connectivity index (χ2v) is 8.64. The third kappa shape index (κ3) is 7.50. The summed E-state index contributed by atoms with van der Waals surface area (Å²) < 4.78 is 0. The van der Waals surface area contributed by atoms with Gasteiger partial charge in [-0.1, -0.05) is 49.3 Å². The molecule has 0 saturated carbocycles. The van der Waals surface area contributed by atoms with Crippen LogP contribution in [0.1, 0.15) is 32.8 Å². The monoisotopic (exact) mass is 457 g/mol. The Morgan fingerprint density at radius 2 is 1.73 bits per heavy atom. The standard InChI is InChI=1S/C22H31N7O4/c1-13(2)10-16-20(31)24-14(3)19(27-28-23)21(32)26-17(11-15-8-6-5-7-9-15)22(33)29(4)12-18(30)25-16/h5-9,13-14,16-17,19H,10-12H2,1-4H3,(H,24,31)(H,25,30)(H,26,32)/t14-,16?,17?,19+/m0/s1. The van der Waals surface area contributed by atoms with E-state index >= 15 is 0 Å². The van der Waals surface area contributed by atoms with Crippen molar-refractivity contribution in [3.05, 3.63) is 46.3 Å². The third-order valence-electron chi connectivity index (χ3n) is 5.30. The van der Waals surface area contributed by atoms with Gasteiger partial charge in [0.15, 0.2) is 0 Å². The molecule has 0 spiro atoms. The van der Waals surface area contributed by atoms with Gasteiger partial charge in [-0.05, 0) is 30.4 Å². The highest BCUT2D eigenvalue weighted by Crippen LogP contribution is 2.11. The zero-order chi connectivity index (χ0) is 24.5. The Bertz CT molecular complexity index is 915. The summed E-state index contributed by atoms with van der Waals surface area (Å²) in [5.74, 6) is -2.06. The minimum Gasteiger partial charge on any atom is -0.351 e. The average Bonchev–Trinajstić information content (AvgIpc) is 2.75. The molecule has 1 saturated heterocycles. The van der Waals surface area contributed by atoms with Gasteiger partial charge in [-0.25, -0.2) is 0 Å². The minimum absolute atomic E-state index is 0.0953. The second kappa shape index (κ2) is 11.9. The molecule has 178 valence electrons. The van der Waals surface area contributed by atoms with Crippen molar-refractivity contribution < 1.29 is 19.2 Å². The van der Waals surface area contributed by atoms with E-state index in [1.165, 1.54) is 18.9 Å². The van der Waals surface area contributed by atoms with Gasteiger partial charge in [-0.15, -0.1) is 0 Å². The lowest BCUT2D eigenvalue weighted by molar-refractivity contribution is -0.138. The van der Waals surface area contributed by atoms with Crippen LogP contribution in [0.3, 0.4) is 0 Å². The van der Waals surface area contributed by atoms with Crippen LogP contribution in [-0.4, -0.2) is 66.3 Å². The number of nitrogens with zero attached hydrogens (tertiary/aromatic N) is 4. The first kappa shape index (κ1) is 25.7. The van der Waals surface area contributed by atoms with Crippen LogP contribution >= 0.6 is 0 Å². The van der Waals surface area contributed by atoms with Gasteiger partial charge < -0.3 is 20.9 Å². The van der Waals surface area contributed by atoms with E-state index in [0.717, 1.165) is 5.56 Å². The van der Waals surface area contributed by atoms with Crippen molar-refractivity contribution in [1.82, 2.24) is 20.9 Å². The second-order valence-electron chi connectivity index (χ2n) is 8.64. The maximum absolute atomic E-state index is 13.2. The fourth-order valence-corrected chi connectivity index (χ4v) is 3.65. The minimum atomic E-state index is -1.29. The van der Waals surface area contributed by atoms with Gasteiger partial charge in [0.2, 0.25) is 23.6 Å². The molecule has 2 rings (SSSR count). The Morgan fingerprint density at radius 3 is 2.33 bits per heavy atom. The van der Waals surface area contributed by atoms with Crippen molar-refractivity contribution in [2.75, 3.05) is 13.6 Å². The van der Waals surface area contributed by atoms with Crippen LogP contribution in [0.15, 0.2) is 35.4 Å². The van der Waals surface area contributed by atoms with Crippen LogP contribution in [0.5, 0.6) is 0 Å². The van der Waals surface area contributed by atoms with Crippen LogP contribution < -0.4 is 16.0 Å². The Labute approximate surface area is 192 Å². The molecule has 1 heterocycles. The van der Waals surface area contributed by atoms with E-state index in [-0.39, 0.29) is 18.9 Å². The molecule has 1 aromatic carbocycles. The van der Waals surface area contributed by atoms with Crippen molar-refractivity contribution in [1.29, 1.82) is 0 Å². The molecule has 1 aromatic rings. The predicted octanol–water partition coefficient (Wildman–Crippen LogP) is 0.900.